The molecule has 1 atom stereocenters. The van der Waals surface area contributed by atoms with E-state index in [-0.39, 0.29) is 0 Å². The SMILES string of the molecule is CCPB=O. The van der Waals surface area contributed by atoms with Crippen molar-refractivity contribution in [2.75, 3.05) is 6.16 Å². The van der Waals surface area contributed by atoms with E-state index in [1.165, 1.54) is 0 Å². The zero-order valence-corrected chi connectivity index (χ0v) is 4.19. The van der Waals surface area contributed by atoms with Gasteiger partial charge in [0.15, 0.2) is 0 Å². The van der Waals surface area contributed by atoms with Gasteiger partial charge in [-0.1, -0.05) is 0 Å². The van der Waals surface area contributed by atoms with Crippen molar-refractivity contribution >= 4 is 15.3 Å². The molecule has 0 aliphatic heterocycles. The zero-order valence-electron chi connectivity index (χ0n) is 3.19. The molecule has 0 spiro atoms. The molecule has 0 saturated carbocycles. The molecular weight excluding hydrogens is 81.8 g/mol. The summed E-state index contributed by atoms with van der Waals surface area (Å²) >= 11 is 0. The molecule has 0 saturated heterocycles. The third-order valence-electron chi connectivity index (χ3n) is 0.287. The monoisotopic (exact) mass is 88.0 g/mol. The van der Waals surface area contributed by atoms with Gasteiger partial charge in [-0.3, -0.25) is 0 Å². The van der Waals surface area contributed by atoms with Crippen molar-refractivity contribution in [1.82, 2.24) is 0 Å². The van der Waals surface area contributed by atoms with Crippen LogP contribution in [0.5, 0.6) is 0 Å². The third kappa shape index (κ3) is 4.29. The standard InChI is InChI=1S/C2H6BOP/c1-2-5-3-4/h5H,2H2,1H3. The second-order valence-electron chi connectivity index (χ2n) is 0.676. The molecule has 0 fully saturated rings. The summed E-state index contributed by atoms with van der Waals surface area (Å²) in [6, 6.07) is 0. The molecule has 0 rings (SSSR count). The van der Waals surface area contributed by atoms with Crippen LogP contribution in [0.1, 0.15) is 6.92 Å². The normalized spacial score (nSPS) is 9.00. The van der Waals surface area contributed by atoms with E-state index in [0.717, 1.165) is 13.0 Å². The molecular formula is C2H6BOP. The molecule has 0 aromatic rings. The minimum absolute atomic E-state index is 0.517. The van der Waals surface area contributed by atoms with Crippen molar-refractivity contribution < 1.29 is 4.70 Å². The number of rotatable bonds is 2. The van der Waals surface area contributed by atoms with Crippen LogP contribution in [-0.4, -0.2) is 13.0 Å². The van der Waals surface area contributed by atoms with Crippen molar-refractivity contribution in [1.29, 1.82) is 0 Å². The fourth-order valence-electron chi connectivity index (χ4n) is 0.0833. The van der Waals surface area contributed by atoms with E-state index in [0.29, 0.717) is 8.46 Å². The summed E-state index contributed by atoms with van der Waals surface area (Å²) in [6.07, 6.45) is 1.00. The second-order valence-corrected chi connectivity index (χ2v) is 2.03. The average Bonchev–Trinajstić information content (AvgIpc) is 1.41. The van der Waals surface area contributed by atoms with E-state index in [9.17, 15) is 4.70 Å². The van der Waals surface area contributed by atoms with Crippen LogP contribution in [0.3, 0.4) is 0 Å². The number of hydrogen-bond acceptors (Lipinski definition) is 1. The Labute approximate surface area is 34.1 Å². The first kappa shape index (κ1) is 5.29. The van der Waals surface area contributed by atoms with E-state index < -0.39 is 0 Å². The molecule has 3 heteroatoms. The zero-order chi connectivity index (χ0) is 4.12. The van der Waals surface area contributed by atoms with Gasteiger partial charge in [-0.15, -0.1) is 0 Å². The van der Waals surface area contributed by atoms with Crippen molar-refractivity contribution in [3.8, 4) is 0 Å². The molecule has 0 aliphatic rings. The Morgan fingerprint density at radius 1 is 2.00 bits per heavy atom. The van der Waals surface area contributed by atoms with Gasteiger partial charge in [0, 0.05) is 0 Å². The van der Waals surface area contributed by atoms with Crippen LogP contribution in [0.15, 0.2) is 0 Å². The summed E-state index contributed by atoms with van der Waals surface area (Å²) in [6.45, 7) is 2.95. The minimum atomic E-state index is 0.517. The number of hydrogen-bond donors (Lipinski definition) is 0. The van der Waals surface area contributed by atoms with Crippen molar-refractivity contribution in [2.24, 2.45) is 0 Å². The molecule has 28 valence electrons. The Morgan fingerprint density at radius 3 is 2.60 bits per heavy atom. The second kappa shape index (κ2) is 4.29. The van der Waals surface area contributed by atoms with Crippen LogP contribution in [0.4, 0.5) is 0 Å². The van der Waals surface area contributed by atoms with Crippen LogP contribution in [0.2, 0.25) is 0 Å². The predicted octanol–water partition coefficient (Wildman–Crippen LogP) is 0.649. The molecule has 1 unspecified atom stereocenters. The Balaban J connectivity index is 2.40. The Bertz CT molecular complexity index is 30.8. The van der Waals surface area contributed by atoms with E-state index >= 15 is 0 Å². The summed E-state index contributed by atoms with van der Waals surface area (Å²) in [5.74, 6) is 0. The van der Waals surface area contributed by atoms with Crippen LogP contribution in [-0.2, 0) is 4.70 Å². The van der Waals surface area contributed by atoms with E-state index in [2.05, 4.69) is 0 Å². The van der Waals surface area contributed by atoms with E-state index in [1.807, 2.05) is 6.92 Å². The van der Waals surface area contributed by atoms with Gasteiger partial charge in [0.2, 0.25) is 0 Å². The Kier molecular flexibility index (Phi) is 4.55. The maximum atomic E-state index is 9.42. The summed E-state index contributed by atoms with van der Waals surface area (Å²) < 4.78 is 9.42. The van der Waals surface area contributed by atoms with Gasteiger partial charge in [-0.25, -0.2) is 0 Å². The molecule has 0 bridgehead atoms. The van der Waals surface area contributed by atoms with E-state index in [4.69, 9.17) is 0 Å². The molecule has 0 aromatic carbocycles. The van der Waals surface area contributed by atoms with Gasteiger partial charge >= 0.3 is 33.1 Å². The molecule has 0 aliphatic carbocycles. The van der Waals surface area contributed by atoms with Crippen LogP contribution >= 0.6 is 8.46 Å². The van der Waals surface area contributed by atoms with Gasteiger partial charge in [-0.05, 0) is 0 Å². The van der Waals surface area contributed by atoms with Crippen LogP contribution in [0.25, 0.3) is 0 Å². The van der Waals surface area contributed by atoms with Crippen molar-refractivity contribution in [3.05, 3.63) is 0 Å². The Hall–Kier alpha value is 0.295. The maximum absolute atomic E-state index is 9.42. The molecule has 0 heterocycles. The third-order valence-corrected chi connectivity index (χ3v) is 0.862. The predicted molar refractivity (Wildman–Crippen MR) is 25.3 cm³/mol. The quantitative estimate of drug-likeness (QED) is 0.357. The molecule has 0 amide bonds. The molecule has 0 aromatic heterocycles. The van der Waals surface area contributed by atoms with Crippen LogP contribution in [0, 0.1) is 0 Å². The first-order chi connectivity index (χ1) is 2.41. The molecule has 5 heavy (non-hydrogen) atoms. The fourth-order valence-corrected chi connectivity index (χ4v) is 0.250. The van der Waals surface area contributed by atoms with Gasteiger partial charge < -0.3 is 0 Å². The molecule has 0 radical (unpaired) electrons. The summed E-state index contributed by atoms with van der Waals surface area (Å²) in [7, 11) is 0.517. The van der Waals surface area contributed by atoms with Gasteiger partial charge in [0.05, 0.1) is 0 Å². The topological polar surface area (TPSA) is 17.1 Å². The van der Waals surface area contributed by atoms with Crippen molar-refractivity contribution in [2.45, 2.75) is 6.92 Å². The first-order valence-corrected chi connectivity index (χ1v) is 2.87. The van der Waals surface area contributed by atoms with Crippen LogP contribution < -0.4 is 0 Å². The van der Waals surface area contributed by atoms with Gasteiger partial charge in [-0.2, -0.15) is 0 Å². The summed E-state index contributed by atoms with van der Waals surface area (Å²) in [4.78, 5) is 0. The van der Waals surface area contributed by atoms with Gasteiger partial charge in [0.25, 0.3) is 0 Å². The average molecular weight is 87.9 g/mol. The molecule has 1 nitrogen and oxygen atoms in total. The molecule has 0 N–H and O–H groups in total. The summed E-state index contributed by atoms with van der Waals surface area (Å²) in [5, 5.41) is 0. The van der Waals surface area contributed by atoms with Gasteiger partial charge in [0.1, 0.15) is 0 Å². The first-order valence-electron chi connectivity index (χ1n) is 1.59. The summed E-state index contributed by atoms with van der Waals surface area (Å²) in [5.41, 5.74) is 0. The van der Waals surface area contributed by atoms with E-state index in [1.54, 1.807) is 0 Å². The van der Waals surface area contributed by atoms with Crippen molar-refractivity contribution in [3.63, 3.8) is 0 Å². The fraction of sp³-hybridized carbons (Fsp3) is 1.00. The Morgan fingerprint density at radius 2 is 2.60 bits per heavy atom.